The minimum absolute atomic E-state index is 0.0368. The molecule has 0 heterocycles. The smallest absolute Gasteiger partial charge is 0.330 e. The first kappa shape index (κ1) is 39.8. The van der Waals surface area contributed by atoms with Crippen LogP contribution in [-0.2, 0) is 30.4 Å². The molecule has 2 aromatic rings. The Morgan fingerprint density at radius 1 is 0.938 bits per heavy atom. The molecule has 1 amide bonds. The van der Waals surface area contributed by atoms with Gasteiger partial charge in [-0.2, -0.15) is 0 Å². The summed E-state index contributed by atoms with van der Waals surface area (Å²) >= 11 is 5.88. The molecule has 11 nitrogen and oxygen atoms in total. The fourth-order valence-electron chi connectivity index (χ4n) is 4.65. The zero-order valence-corrected chi connectivity index (χ0v) is 28.4. The molecule has 1 saturated carbocycles. The van der Waals surface area contributed by atoms with Gasteiger partial charge in [-0.05, 0) is 87.3 Å². The Kier molecular flexibility index (Phi) is 20.5. The highest BCUT2D eigenvalue weighted by molar-refractivity contribution is 6.30. The number of allylic oxidation sites excluding steroid dienone is 3. The lowest BCUT2D eigenvalue weighted by Crippen LogP contribution is -2.31. The van der Waals surface area contributed by atoms with Crippen LogP contribution in [0.5, 0.6) is 11.5 Å². The summed E-state index contributed by atoms with van der Waals surface area (Å²) in [7, 11) is 0. The molecule has 262 valence electrons. The molecule has 48 heavy (non-hydrogen) atoms. The molecule has 0 atom stereocenters. The molecule has 0 saturated heterocycles. The van der Waals surface area contributed by atoms with Gasteiger partial charge >= 0.3 is 11.9 Å². The van der Waals surface area contributed by atoms with Gasteiger partial charge in [-0.3, -0.25) is 9.59 Å². The Morgan fingerprint density at radius 3 is 2.42 bits per heavy atom. The van der Waals surface area contributed by atoms with Crippen LogP contribution in [-0.4, -0.2) is 49.3 Å². The average Bonchev–Trinajstić information content (AvgIpc) is 3.59. The summed E-state index contributed by atoms with van der Waals surface area (Å²) < 4.78 is 15.8. The first-order valence-electron chi connectivity index (χ1n) is 16.4. The Bertz CT molecular complexity index is 1310. The lowest BCUT2D eigenvalue weighted by atomic mass is 10.1. The molecular weight excluding hydrogens is 640 g/mol. The van der Waals surface area contributed by atoms with E-state index in [2.05, 4.69) is 22.3 Å². The molecule has 0 aliphatic heterocycles. The van der Waals surface area contributed by atoms with Crippen molar-refractivity contribution in [2.24, 2.45) is 5.92 Å². The highest BCUT2D eigenvalue weighted by Crippen LogP contribution is 2.25. The largest absolute Gasteiger partial charge is 0.493 e. The van der Waals surface area contributed by atoms with Gasteiger partial charge in [0.1, 0.15) is 18.0 Å². The molecule has 1 aliphatic carbocycles. The Labute approximate surface area is 287 Å². The summed E-state index contributed by atoms with van der Waals surface area (Å²) in [5, 5.41) is 12.3. The van der Waals surface area contributed by atoms with E-state index >= 15 is 0 Å². The van der Waals surface area contributed by atoms with Gasteiger partial charge in [0.15, 0.2) is 0 Å². The molecule has 0 bridgehead atoms. The van der Waals surface area contributed by atoms with E-state index in [0.29, 0.717) is 18.6 Å². The van der Waals surface area contributed by atoms with Gasteiger partial charge in [0.25, 0.3) is 5.09 Å². The van der Waals surface area contributed by atoms with Gasteiger partial charge in [0, 0.05) is 24.3 Å². The standard InChI is InChI=1S/C21H28N2O8.C15H19ClO/c1-2-3-4-5-7-19(24)22-16-21(26)31-18-11-9-17(10-12-18)13-15-29-20(25)8-6-14-30-23(27)28;16-14-9-5-10-15(12-14)17-11-4-3-8-13-6-1-2-7-13/h2-3,9-12H,4-8,13-16H2,1H3,(H,22,24);3,5,8-10,12-13H,1-2,4,6-7,11H2/b3-2-;8-3+. The van der Waals surface area contributed by atoms with Crippen LogP contribution in [0.25, 0.3) is 0 Å². The van der Waals surface area contributed by atoms with Gasteiger partial charge in [0.2, 0.25) is 5.91 Å². The van der Waals surface area contributed by atoms with Crippen molar-refractivity contribution in [2.75, 3.05) is 26.4 Å². The summed E-state index contributed by atoms with van der Waals surface area (Å²) in [5.41, 5.74) is 0.874. The number of carbonyl (C=O) groups is 3. The Morgan fingerprint density at radius 2 is 1.71 bits per heavy atom. The van der Waals surface area contributed by atoms with E-state index in [-0.39, 0.29) is 38.5 Å². The number of halogens is 1. The number of hydrogen-bond donors (Lipinski definition) is 1. The minimum Gasteiger partial charge on any atom is -0.493 e. The number of hydrogen-bond acceptors (Lipinski definition) is 9. The zero-order chi connectivity index (χ0) is 34.8. The molecule has 0 radical (unpaired) electrons. The van der Waals surface area contributed by atoms with E-state index < -0.39 is 17.0 Å². The summed E-state index contributed by atoms with van der Waals surface area (Å²) in [6.45, 7) is 2.45. The second-order valence-electron chi connectivity index (χ2n) is 11.1. The topological polar surface area (TPSA) is 143 Å². The average molecular weight is 687 g/mol. The number of nitrogens with zero attached hydrogens (tertiary/aromatic N) is 1. The van der Waals surface area contributed by atoms with Crippen LogP contribution in [0, 0.1) is 16.0 Å². The van der Waals surface area contributed by atoms with Gasteiger partial charge in [-0.15, -0.1) is 10.1 Å². The van der Waals surface area contributed by atoms with Gasteiger partial charge in [-0.1, -0.05) is 66.9 Å². The van der Waals surface area contributed by atoms with Crippen LogP contribution in [0.1, 0.15) is 76.7 Å². The van der Waals surface area contributed by atoms with Crippen LogP contribution in [0.15, 0.2) is 72.8 Å². The molecule has 3 rings (SSSR count). The number of carbonyl (C=O) groups excluding carboxylic acids is 3. The highest BCUT2D eigenvalue weighted by atomic mass is 35.5. The molecular formula is C36H47ClN2O9. The molecule has 2 aromatic carbocycles. The van der Waals surface area contributed by atoms with Gasteiger partial charge < -0.3 is 24.4 Å². The molecule has 0 aromatic heterocycles. The molecule has 0 spiro atoms. The second kappa shape index (κ2) is 24.7. The number of ether oxygens (including phenoxy) is 3. The van der Waals surface area contributed by atoms with E-state index in [9.17, 15) is 24.5 Å². The lowest BCUT2D eigenvalue weighted by molar-refractivity contribution is -0.757. The number of nitrogens with one attached hydrogen (secondary N) is 1. The fraction of sp³-hybridized carbons (Fsp3) is 0.472. The second-order valence-corrected chi connectivity index (χ2v) is 11.5. The predicted molar refractivity (Wildman–Crippen MR) is 183 cm³/mol. The first-order chi connectivity index (χ1) is 23.2. The molecule has 1 aliphatic rings. The molecule has 0 unspecified atom stereocenters. The summed E-state index contributed by atoms with van der Waals surface area (Å²) in [6.07, 6.45) is 17.6. The number of benzene rings is 2. The Balaban J connectivity index is 0.000000393. The summed E-state index contributed by atoms with van der Waals surface area (Å²) in [6, 6.07) is 14.3. The van der Waals surface area contributed by atoms with E-state index in [4.69, 9.17) is 25.8 Å². The third-order valence-electron chi connectivity index (χ3n) is 7.13. The zero-order valence-electron chi connectivity index (χ0n) is 27.6. The van der Waals surface area contributed by atoms with E-state index in [1.165, 1.54) is 25.7 Å². The van der Waals surface area contributed by atoms with Crippen LogP contribution >= 0.6 is 11.6 Å². The van der Waals surface area contributed by atoms with Crippen molar-refractivity contribution in [1.29, 1.82) is 0 Å². The van der Waals surface area contributed by atoms with Crippen LogP contribution in [0.3, 0.4) is 0 Å². The van der Waals surface area contributed by atoms with Crippen molar-refractivity contribution >= 4 is 29.4 Å². The molecule has 12 heteroatoms. The van der Waals surface area contributed by atoms with E-state index in [1.54, 1.807) is 24.3 Å². The SMILES string of the molecule is C/C=C\CCCC(=O)NCC(=O)Oc1ccc(CCOC(=O)CCCO[N+](=O)[O-])cc1.Clc1cccc(OCC/C=C/C2CCCC2)c1. The van der Waals surface area contributed by atoms with Crippen molar-refractivity contribution in [1.82, 2.24) is 5.32 Å². The van der Waals surface area contributed by atoms with Crippen LogP contribution in [0.2, 0.25) is 5.02 Å². The van der Waals surface area contributed by atoms with Crippen molar-refractivity contribution < 1.29 is 38.5 Å². The maximum atomic E-state index is 11.8. The molecule has 1 fully saturated rings. The summed E-state index contributed by atoms with van der Waals surface area (Å²) in [5.74, 6) is 0.800. The number of rotatable bonds is 20. The van der Waals surface area contributed by atoms with E-state index in [0.717, 1.165) is 48.1 Å². The minimum atomic E-state index is -0.907. The predicted octanol–water partition coefficient (Wildman–Crippen LogP) is 7.38. The lowest BCUT2D eigenvalue weighted by Gasteiger charge is -2.08. The van der Waals surface area contributed by atoms with Crippen LogP contribution < -0.4 is 14.8 Å². The van der Waals surface area contributed by atoms with Crippen molar-refractivity contribution in [3.63, 3.8) is 0 Å². The monoisotopic (exact) mass is 686 g/mol. The fourth-order valence-corrected chi connectivity index (χ4v) is 4.83. The van der Waals surface area contributed by atoms with Gasteiger partial charge in [-0.25, -0.2) is 4.79 Å². The third-order valence-corrected chi connectivity index (χ3v) is 7.36. The van der Waals surface area contributed by atoms with Crippen molar-refractivity contribution in [2.45, 2.75) is 77.6 Å². The maximum Gasteiger partial charge on any atom is 0.330 e. The van der Waals surface area contributed by atoms with Crippen molar-refractivity contribution in [3.05, 3.63) is 93.5 Å². The quantitative estimate of drug-likeness (QED) is 0.0377. The van der Waals surface area contributed by atoms with Crippen molar-refractivity contribution in [3.8, 4) is 11.5 Å². The highest BCUT2D eigenvalue weighted by Gasteiger charge is 2.11. The van der Waals surface area contributed by atoms with Gasteiger partial charge in [0.05, 0.1) is 19.8 Å². The normalized spacial score (nSPS) is 12.7. The van der Waals surface area contributed by atoms with Crippen LogP contribution in [0.4, 0.5) is 0 Å². The first-order valence-corrected chi connectivity index (χ1v) is 16.8. The Hall–Kier alpha value is -4.38. The number of unbranched alkanes of at least 4 members (excludes halogenated alkanes) is 1. The third kappa shape index (κ3) is 20.0. The van der Waals surface area contributed by atoms with E-state index in [1.807, 2.05) is 43.3 Å². The number of amides is 1. The summed E-state index contributed by atoms with van der Waals surface area (Å²) in [4.78, 5) is 49.1. The number of esters is 2. The maximum absolute atomic E-state index is 11.8. The molecule has 1 N–H and O–H groups in total.